The van der Waals surface area contributed by atoms with E-state index in [-0.39, 0.29) is 11.9 Å². The Morgan fingerprint density at radius 2 is 1.67 bits per heavy atom. The van der Waals surface area contributed by atoms with Crippen LogP contribution in [-0.2, 0) is 25.7 Å². The maximum absolute atomic E-state index is 11.9. The highest BCUT2D eigenvalue weighted by Crippen LogP contribution is 2.30. The molecule has 0 unspecified atom stereocenters. The lowest BCUT2D eigenvalue weighted by Gasteiger charge is -2.31. The molecule has 0 aromatic heterocycles. The molecule has 1 aliphatic rings. The van der Waals surface area contributed by atoms with Crippen LogP contribution in [0.5, 0.6) is 5.75 Å². The lowest BCUT2D eigenvalue weighted by molar-refractivity contribution is -0.159. The van der Waals surface area contributed by atoms with Gasteiger partial charge in [-0.05, 0) is 49.7 Å². The van der Waals surface area contributed by atoms with E-state index in [1.165, 1.54) is 16.3 Å². The second kappa shape index (κ2) is 11.2. The predicted molar refractivity (Wildman–Crippen MR) is 110 cm³/mol. The van der Waals surface area contributed by atoms with Crippen LogP contribution in [0, 0.1) is 5.92 Å². The van der Waals surface area contributed by atoms with E-state index >= 15 is 0 Å². The number of carboxylic acids is 2. The van der Waals surface area contributed by atoms with Crippen molar-refractivity contribution in [3.63, 3.8) is 0 Å². The van der Waals surface area contributed by atoms with Crippen LogP contribution in [0.4, 0.5) is 0 Å². The summed E-state index contributed by atoms with van der Waals surface area (Å²) in [6, 6.07) is 12.6. The fourth-order valence-electron chi connectivity index (χ4n) is 3.48. The second-order valence-corrected chi connectivity index (χ2v) is 6.88. The van der Waals surface area contributed by atoms with Crippen LogP contribution in [0.15, 0.2) is 36.4 Å². The number of carboxylic acid groups (broad SMARTS) is 2. The fraction of sp³-hybridized carbons (Fsp3) is 0.409. The first-order chi connectivity index (χ1) is 14.4. The number of fused-ring (bicyclic) bond motifs is 1. The third-order valence-electron chi connectivity index (χ3n) is 4.99. The Labute approximate surface area is 175 Å². The summed E-state index contributed by atoms with van der Waals surface area (Å²) in [6.07, 6.45) is 1.73. The summed E-state index contributed by atoms with van der Waals surface area (Å²) in [5.74, 6) is -2.71. The van der Waals surface area contributed by atoms with Gasteiger partial charge in [-0.3, -0.25) is 9.69 Å². The van der Waals surface area contributed by atoms with Crippen molar-refractivity contribution in [2.45, 2.75) is 26.3 Å². The third kappa shape index (κ3) is 6.18. The Bertz CT molecular complexity index is 876. The summed E-state index contributed by atoms with van der Waals surface area (Å²) < 4.78 is 10.7. The van der Waals surface area contributed by atoms with E-state index in [2.05, 4.69) is 35.2 Å². The third-order valence-corrected chi connectivity index (χ3v) is 4.99. The molecule has 1 aliphatic heterocycles. The number of carbonyl (C=O) groups excluding carboxylic acids is 1. The largest absolute Gasteiger partial charge is 0.496 e. The molecule has 162 valence electrons. The molecule has 8 heteroatoms. The number of rotatable bonds is 5. The smallest absolute Gasteiger partial charge is 0.414 e. The molecule has 1 saturated heterocycles. The number of nitrogens with zero attached hydrogens (tertiary/aromatic N) is 1. The second-order valence-electron chi connectivity index (χ2n) is 6.88. The van der Waals surface area contributed by atoms with Crippen molar-refractivity contribution in [1.29, 1.82) is 0 Å². The molecular formula is C22H27NO7. The Hall–Kier alpha value is -3.13. The first-order valence-electron chi connectivity index (χ1n) is 9.77. The summed E-state index contributed by atoms with van der Waals surface area (Å²) in [5.41, 5.74) is 1.23. The van der Waals surface area contributed by atoms with Gasteiger partial charge in [-0.25, -0.2) is 9.59 Å². The summed E-state index contributed by atoms with van der Waals surface area (Å²) >= 11 is 0. The summed E-state index contributed by atoms with van der Waals surface area (Å²) in [4.78, 5) is 32.5. The molecule has 1 heterocycles. The number of ether oxygens (including phenoxy) is 2. The molecule has 2 aromatic rings. The quantitative estimate of drug-likeness (QED) is 0.564. The van der Waals surface area contributed by atoms with Crippen molar-refractivity contribution < 1.29 is 34.1 Å². The fourth-order valence-corrected chi connectivity index (χ4v) is 3.48. The minimum absolute atomic E-state index is 0.0418. The Morgan fingerprint density at radius 1 is 1.03 bits per heavy atom. The molecule has 0 amide bonds. The molecule has 0 saturated carbocycles. The zero-order valence-electron chi connectivity index (χ0n) is 17.2. The minimum atomic E-state index is -1.82. The Morgan fingerprint density at radius 3 is 2.23 bits per heavy atom. The topological polar surface area (TPSA) is 113 Å². The number of hydrogen-bond donors (Lipinski definition) is 2. The number of esters is 1. The number of benzene rings is 2. The summed E-state index contributed by atoms with van der Waals surface area (Å²) in [5, 5.41) is 17.3. The van der Waals surface area contributed by atoms with E-state index in [1.807, 2.05) is 13.0 Å². The van der Waals surface area contributed by atoms with Gasteiger partial charge in [0.15, 0.2) is 0 Å². The summed E-state index contributed by atoms with van der Waals surface area (Å²) in [6.45, 7) is 5.00. The van der Waals surface area contributed by atoms with Crippen molar-refractivity contribution in [2.75, 3.05) is 26.8 Å². The maximum Gasteiger partial charge on any atom is 0.414 e. The van der Waals surface area contributed by atoms with Crippen LogP contribution in [0.3, 0.4) is 0 Å². The van der Waals surface area contributed by atoms with Crippen LogP contribution in [0.1, 0.15) is 25.3 Å². The normalized spacial score (nSPS) is 14.5. The van der Waals surface area contributed by atoms with E-state index in [4.69, 9.17) is 29.3 Å². The van der Waals surface area contributed by atoms with Crippen LogP contribution in [-0.4, -0.2) is 59.8 Å². The number of aliphatic carboxylic acids is 2. The van der Waals surface area contributed by atoms with E-state index in [1.54, 1.807) is 7.11 Å². The Kier molecular flexibility index (Phi) is 8.61. The maximum atomic E-state index is 11.9. The molecule has 1 fully saturated rings. The Balaban J connectivity index is 0.000000469. The van der Waals surface area contributed by atoms with Crippen molar-refractivity contribution in [2.24, 2.45) is 5.92 Å². The minimum Gasteiger partial charge on any atom is -0.496 e. The molecule has 0 spiro atoms. The van der Waals surface area contributed by atoms with Gasteiger partial charge < -0.3 is 19.7 Å². The van der Waals surface area contributed by atoms with E-state index in [0.29, 0.717) is 6.61 Å². The molecule has 8 nitrogen and oxygen atoms in total. The number of hydrogen-bond acceptors (Lipinski definition) is 6. The molecule has 30 heavy (non-hydrogen) atoms. The number of carbonyl (C=O) groups is 3. The van der Waals surface area contributed by atoms with Crippen molar-refractivity contribution >= 4 is 28.7 Å². The van der Waals surface area contributed by atoms with E-state index in [0.717, 1.165) is 38.2 Å². The zero-order valence-corrected chi connectivity index (χ0v) is 17.2. The molecule has 2 N–H and O–H groups in total. The zero-order chi connectivity index (χ0) is 22.1. The summed E-state index contributed by atoms with van der Waals surface area (Å²) in [7, 11) is 1.72. The first-order valence-corrected chi connectivity index (χ1v) is 9.77. The number of methoxy groups -OCH3 is 1. The van der Waals surface area contributed by atoms with E-state index in [9.17, 15) is 4.79 Å². The SMILES string of the molecule is CCOC(=O)C1CCN(Cc2c(OC)ccc3ccccc23)CC1.O=C(O)C(=O)O. The predicted octanol–water partition coefficient (Wildman–Crippen LogP) is 2.78. The first kappa shape index (κ1) is 23.2. The van der Waals surface area contributed by atoms with Gasteiger partial charge >= 0.3 is 17.9 Å². The van der Waals surface area contributed by atoms with Crippen molar-refractivity contribution in [1.82, 2.24) is 4.90 Å². The van der Waals surface area contributed by atoms with Crippen LogP contribution in [0.2, 0.25) is 0 Å². The van der Waals surface area contributed by atoms with Gasteiger partial charge in [-0.2, -0.15) is 0 Å². The molecule has 0 aliphatic carbocycles. The lowest BCUT2D eigenvalue weighted by atomic mass is 9.96. The van der Waals surface area contributed by atoms with Crippen LogP contribution < -0.4 is 4.74 Å². The van der Waals surface area contributed by atoms with Crippen molar-refractivity contribution in [3.8, 4) is 5.75 Å². The van der Waals surface area contributed by atoms with Gasteiger partial charge in [0.05, 0.1) is 19.6 Å². The van der Waals surface area contributed by atoms with E-state index < -0.39 is 11.9 Å². The molecule has 0 bridgehead atoms. The average molecular weight is 417 g/mol. The van der Waals surface area contributed by atoms with Crippen molar-refractivity contribution in [3.05, 3.63) is 42.0 Å². The standard InChI is InChI=1S/C20H25NO3.C2H2O4/c1-3-24-20(22)16-10-12-21(13-11-16)14-18-17-7-5-4-6-15(17)8-9-19(18)23-2;3-1(4)2(5)6/h4-9,16H,3,10-14H2,1-2H3;(H,3,4)(H,5,6). The van der Waals surface area contributed by atoms with Gasteiger partial charge in [0.2, 0.25) is 0 Å². The van der Waals surface area contributed by atoms with Crippen LogP contribution >= 0.6 is 0 Å². The monoisotopic (exact) mass is 417 g/mol. The average Bonchev–Trinajstić information content (AvgIpc) is 2.75. The van der Waals surface area contributed by atoms with Gasteiger partial charge in [-0.15, -0.1) is 0 Å². The van der Waals surface area contributed by atoms with Gasteiger partial charge in [0.25, 0.3) is 0 Å². The van der Waals surface area contributed by atoms with Crippen LogP contribution in [0.25, 0.3) is 10.8 Å². The molecular weight excluding hydrogens is 390 g/mol. The molecule has 0 radical (unpaired) electrons. The highest BCUT2D eigenvalue weighted by molar-refractivity contribution is 6.27. The molecule has 2 aromatic carbocycles. The van der Waals surface area contributed by atoms with Gasteiger partial charge in [-0.1, -0.05) is 30.3 Å². The lowest BCUT2D eigenvalue weighted by Crippen LogP contribution is -2.36. The molecule has 0 atom stereocenters. The number of piperidine rings is 1. The highest BCUT2D eigenvalue weighted by atomic mass is 16.5. The molecule has 3 rings (SSSR count). The van der Waals surface area contributed by atoms with Gasteiger partial charge in [0, 0.05) is 12.1 Å². The van der Waals surface area contributed by atoms with Gasteiger partial charge in [0.1, 0.15) is 5.75 Å². The number of likely N-dealkylation sites (tertiary alicyclic amines) is 1. The highest BCUT2D eigenvalue weighted by Gasteiger charge is 2.26.